The average Bonchev–Trinajstić information content (AvgIpc) is 3.84. The van der Waals surface area contributed by atoms with E-state index < -0.39 is 0 Å². The highest BCUT2D eigenvalue weighted by molar-refractivity contribution is 5.70. The number of nitrogens with zero attached hydrogens (tertiary/aromatic N) is 6. The zero-order valence-corrected chi connectivity index (χ0v) is 24.5. The number of benzene rings is 4. The van der Waals surface area contributed by atoms with Crippen molar-refractivity contribution in [1.82, 2.24) is 40.3 Å². The Morgan fingerprint density at radius 1 is 0.326 bits per heavy atom. The fraction of sp³-hybridized carbons (Fsp3) is 0. The van der Waals surface area contributed by atoms with Crippen LogP contribution in [0.2, 0.25) is 0 Å². The van der Waals surface area contributed by atoms with Gasteiger partial charge in [0.1, 0.15) is 11.4 Å². The molecule has 218 valence electrons. The van der Waals surface area contributed by atoms with E-state index in [1.165, 1.54) is 11.1 Å². The van der Waals surface area contributed by atoms with Crippen molar-refractivity contribution < 1.29 is 0 Å². The molecule has 0 aliphatic rings. The zero-order valence-electron chi connectivity index (χ0n) is 24.5. The van der Waals surface area contributed by atoms with Crippen LogP contribution in [0, 0.1) is 0 Å². The predicted molar refractivity (Wildman–Crippen MR) is 180 cm³/mol. The molecular formula is C38H26N8. The summed E-state index contributed by atoms with van der Waals surface area (Å²) in [5.74, 6) is 2.45. The van der Waals surface area contributed by atoms with E-state index in [1.54, 1.807) is 0 Å². The zero-order chi connectivity index (χ0) is 30.7. The third kappa shape index (κ3) is 5.46. The highest BCUT2D eigenvalue weighted by Crippen LogP contribution is 2.27. The number of nitrogens with one attached hydrogen (secondary N) is 2. The van der Waals surface area contributed by atoms with Crippen LogP contribution in [0.4, 0.5) is 0 Å². The molecule has 0 atom stereocenters. The summed E-state index contributed by atoms with van der Waals surface area (Å²) in [6.45, 7) is 0. The normalized spacial score (nSPS) is 11.0. The Balaban J connectivity index is 1.01. The van der Waals surface area contributed by atoms with Gasteiger partial charge in [0.2, 0.25) is 0 Å². The Morgan fingerprint density at radius 3 is 1.37 bits per heavy atom. The van der Waals surface area contributed by atoms with E-state index in [0.717, 1.165) is 22.3 Å². The van der Waals surface area contributed by atoms with Gasteiger partial charge < -0.3 is 4.98 Å². The molecule has 8 nitrogen and oxygen atoms in total. The number of hydrogen-bond donors (Lipinski definition) is 2. The summed E-state index contributed by atoms with van der Waals surface area (Å²) in [6, 6.07) is 48.6. The molecule has 0 saturated heterocycles. The number of rotatable bonds is 7. The van der Waals surface area contributed by atoms with Crippen LogP contribution in [-0.4, -0.2) is 40.3 Å². The van der Waals surface area contributed by atoms with Crippen LogP contribution in [0.3, 0.4) is 0 Å². The molecule has 4 aromatic heterocycles. The number of H-pyrrole nitrogens is 2. The number of pyridine rings is 2. The first kappa shape index (κ1) is 27.0. The van der Waals surface area contributed by atoms with Crippen molar-refractivity contribution in [2.45, 2.75) is 0 Å². The van der Waals surface area contributed by atoms with Crippen LogP contribution in [0.15, 0.2) is 146 Å². The first-order chi connectivity index (χ1) is 22.8. The smallest absolute Gasteiger partial charge is 0.181 e. The molecule has 8 aromatic rings. The van der Waals surface area contributed by atoms with Crippen molar-refractivity contribution in [3.8, 4) is 79.5 Å². The summed E-state index contributed by atoms with van der Waals surface area (Å²) in [4.78, 5) is 17.8. The largest absolute Gasteiger partial charge is 0.320 e. The molecule has 0 saturated carbocycles. The lowest BCUT2D eigenvalue weighted by atomic mass is 10.0. The summed E-state index contributed by atoms with van der Waals surface area (Å²) in [5, 5.41) is 16.3. The van der Waals surface area contributed by atoms with Crippen molar-refractivity contribution >= 4 is 0 Å². The number of aromatic amines is 2. The number of aromatic nitrogens is 8. The van der Waals surface area contributed by atoms with Gasteiger partial charge in [-0.3, -0.25) is 5.10 Å². The van der Waals surface area contributed by atoms with E-state index >= 15 is 0 Å². The molecule has 0 spiro atoms. The lowest BCUT2D eigenvalue weighted by Gasteiger charge is -2.04. The Bertz CT molecular complexity index is 2070. The molecular weight excluding hydrogens is 568 g/mol. The van der Waals surface area contributed by atoms with Gasteiger partial charge in [-0.1, -0.05) is 121 Å². The van der Waals surface area contributed by atoms with Crippen LogP contribution < -0.4 is 0 Å². The molecule has 0 bridgehead atoms. The molecule has 0 unspecified atom stereocenters. The monoisotopic (exact) mass is 594 g/mol. The van der Waals surface area contributed by atoms with Crippen molar-refractivity contribution in [1.29, 1.82) is 0 Å². The molecule has 4 aromatic carbocycles. The summed E-state index contributed by atoms with van der Waals surface area (Å²) in [5.41, 5.74) is 9.26. The van der Waals surface area contributed by atoms with Gasteiger partial charge in [-0.15, -0.1) is 10.2 Å². The van der Waals surface area contributed by atoms with E-state index in [-0.39, 0.29) is 0 Å². The van der Waals surface area contributed by atoms with Gasteiger partial charge in [-0.25, -0.2) is 15.0 Å². The van der Waals surface area contributed by atoms with Crippen molar-refractivity contribution in [2.75, 3.05) is 0 Å². The lowest BCUT2D eigenvalue weighted by Crippen LogP contribution is -1.93. The van der Waals surface area contributed by atoms with E-state index in [2.05, 4.69) is 73.9 Å². The first-order valence-electron chi connectivity index (χ1n) is 14.9. The maximum absolute atomic E-state index is 4.85. The molecule has 4 heterocycles. The van der Waals surface area contributed by atoms with E-state index in [0.29, 0.717) is 46.1 Å². The summed E-state index contributed by atoms with van der Waals surface area (Å²) in [7, 11) is 0. The molecule has 8 heteroatoms. The summed E-state index contributed by atoms with van der Waals surface area (Å²) >= 11 is 0. The highest BCUT2D eigenvalue weighted by Gasteiger charge is 2.13. The van der Waals surface area contributed by atoms with Crippen LogP contribution in [0.1, 0.15) is 0 Å². The van der Waals surface area contributed by atoms with Crippen LogP contribution >= 0.6 is 0 Å². The maximum Gasteiger partial charge on any atom is 0.181 e. The molecule has 0 aliphatic heterocycles. The fourth-order valence-electron chi connectivity index (χ4n) is 5.32. The van der Waals surface area contributed by atoms with Gasteiger partial charge in [0.15, 0.2) is 23.3 Å². The van der Waals surface area contributed by atoms with Gasteiger partial charge in [0.25, 0.3) is 0 Å². The van der Waals surface area contributed by atoms with Gasteiger partial charge >= 0.3 is 0 Å². The molecule has 0 radical (unpaired) electrons. The van der Waals surface area contributed by atoms with Gasteiger partial charge in [0.05, 0.1) is 11.4 Å². The SMILES string of the molecule is c1ccc(-c2ccc(-c3n[nH]c(-c4cccc(-c5cccc(-c6nnc(-c7ccc(-c8ccccc8)cc7)[nH]6)n5)n4)n3)cc2)cc1. The topological polar surface area (TPSA) is 109 Å². The third-order valence-corrected chi connectivity index (χ3v) is 7.73. The van der Waals surface area contributed by atoms with Crippen LogP contribution in [0.5, 0.6) is 0 Å². The molecule has 0 aliphatic carbocycles. The van der Waals surface area contributed by atoms with Gasteiger partial charge in [-0.2, -0.15) is 5.10 Å². The quantitative estimate of drug-likeness (QED) is 0.192. The molecule has 0 fully saturated rings. The van der Waals surface area contributed by atoms with Crippen LogP contribution in [-0.2, 0) is 0 Å². The molecule has 2 N–H and O–H groups in total. The molecule has 0 amide bonds. The van der Waals surface area contributed by atoms with E-state index in [9.17, 15) is 0 Å². The minimum absolute atomic E-state index is 0.582. The average molecular weight is 595 g/mol. The minimum atomic E-state index is 0.582. The predicted octanol–water partition coefficient (Wildman–Crippen LogP) is 8.38. The fourth-order valence-corrected chi connectivity index (χ4v) is 5.32. The molecule has 8 rings (SSSR count). The van der Waals surface area contributed by atoms with Crippen molar-refractivity contribution in [3.63, 3.8) is 0 Å². The summed E-state index contributed by atoms with van der Waals surface area (Å²) in [6.07, 6.45) is 0. The lowest BCUT2D eigenvalue weighted by molar-refractivity contribution is 1.08. The van der Waals surface area contributed by atoms with Gasteiger partial charge in [0, 0.05) is 11.1 Å². The van der Waals surface area contributed by atoms with Crippen molar-refractivity contribution in [2.24, 2.45) is 0 Å². The standard InChI is InChI=1S/C38H26N8/c1-3-9-25(10-4-1)27-17-21-29(22-18-27)35-41-37(45-43-35)33-15-7-13-31(39-33)32-14-8-16-34(40-32)38-42-36(44-46-38)30-23-19-28(20-24-30)26-11-5-2-6-12-26/h1-24H,(H,41,43,45)(H,42,44,46). The maximum atomic E-state index is 4.85. The Kier molecular flexibility index (Phi) is 6.97. The van der Waals surface area contributed by atoms with E-state index in [1.807, 2.05) is 97.1 Å². The Morgan fingerprint density at radius 2 is 0.783 bits per heavy atom. The highest BCUT2D eigenvalue weighted by atomic mass is 15.2. The van der Waals surface area contributed by atoms with E-state index in [4.69, 9.17) is 15.0 Å². The first-order valence-corrected chi connectivity index (χ1v) is 14.9. The third-order valence-electron chi connectivity index (χ3n) is 7.73. The Labute approximate surface area is 265 Å². The second-order valence-corrected chi connectivity index (χ2v) is 10.7. The number of hydrogen-bond acceptors (Lipinski definition) is 6. The second kappa shape index (κ2) is 11.9. The van der Waals surface area contributed by atoms with Crippen molar-refractivity contribution in [3.05, 3.63) is 146 Å². The minimum Gasteiger partial charge on any atom is -0.320 e. The summed E-state index contributed by atoms with van der Waals surface area (Å²) < 4.78 is 0. The molecule has 46 heavy (non-hydrogen) atoms. The van der Waals surface area contributed by atoms with Gasteiger partial charge in [-0.05, 0) is 46.5 Å². The second-order valence-electron chi connectivity index (χ2n) is 10.7. The van der Waals surface area contributed by atoms with Crippen LogP contribution in [0.25, 0.3) is 79.5 Å². The Hall–Kier alpha value is -6.54.